The number of hydrogen-bond donors (Lipinski definition) is 4. The van der Waals surface area contributed by atoms with E-state index >= 15 is 0 Å². The normalized spacial score (nSPS) is 33.3. The molecule has 0 saturated heterocycles. The van der Waals surface area contributed by atoms with Crippen molar-refractivity contribution in [2.75, 3.05) is 14.2 Å². The fourth-order valence-corrected chi connectivity index (χ4v) is 4.64. The standard InChI is InChI=1S/C29H41N3O7/c1-15-11-20-25(31)22(33)14-21(27(20)35)32-29(36)16(2)9-8-10-23(37-6)28(39-19(5)30)18(4)13-17(3)26(34)24(12-15)38-7/h8-10,13-15,17,23-24,26,28,34H,5,11-12,30-31H2,1-4,6-7H3,(H,32,36)/b10-8-,16-9+,18-13+/t15-,17+,23+,24+,26-,28+/m1/s1. The van der Waals surface area contributed by atoms with Gasteiger partial charge in [-0.05, 0) is 44.8 Å². The lowest BCUT2D eigenvalue weighted by Crippen LogP contribution is -2.37. The molecule has 6 atom stereocenters. The maximum atomic E-state index is 13.2. The largest absolute Gasteiger partial charge is 0.469 e. The average Bonchev–Trinajstić information content (AvgIpc) is 2.88. The molecule has 0 saturated carbocycles. The Kier molecular flexibility index (Phi) is 11.5. The second-order valence-corrected chi connectivity index (χ2v) is 10.1. The van der Waals surface area contributed by atoms with Crippen molar-refractivity contribution in [2.45, 2.75) is 65.0 Å². The van der Waals surface area contributed by atoms with Crippen LogP contribution in [0.15, 0.2) is 71.0 Å². The Hall–Kier alpha value is -3.47. The number of nitrogens with one attached hydrogen (secondary N) is 1. The minimum absolute atomic E-state index is 0.00308. The first kappa shape index (κ1) is 31.7. The molecule has 1 aliphatic heterocycles. The summed E-state index contributed by atoms with van der Waals surface area (Å²) >= 11 is 0. The lowest BCUT2D eigenvalue weighted by Gasteiger charge is -2.30. The zero-order valence-corrected chi connectivity index (χ0v) is 23.5. The van der Waals surface area contributed by atoms with Crippen molar-refractivity contribution in [3.63, 3.8) is 0 Å². The zero-order chi connectivity index (χ0) is 29.4. The van der Waals surface area contributed by atoms with Gasteiger partial charge in [0.25, 0.3) is 5.91 Å². The Morgan fingerprint density at radius 1 is 1.15 bits per heavy atom. The molecule has 0 unspecified atom stereocenters. The van der Waals surface area contributed by atoms with Crippen molar-refractivity contribution in [2.24, 2.45) is 23.3 Å². The van der Waals surface area contributed by atoms with E-state index in [0.29, 0.717) is 6.42 Å². The summed E-state index contributed by atoms with van der Waals surface area (Å²) in [6.07, 6.45) is 5.53. The fraction of sp³-hybridized carbons (Fsp3) is 0.483. The average molecular weight is 544 g/mol. The lowest BCUT2D eigenvalue weighted by atomic mass is 9.85. The lowest BCUT2D eigenvalue weighted by molar-refractivity contribution is -0.120. The number of ether oxygens (including phenoxy) is 3. The van der Waals surface area contributed by atoms with Crippen LogP contribution in [-0.4, -0.2) is 61.2 Å². The van der Waals surface area contributed by atoms with E-state index in [0.717, 1.165) is 11.6 Å². The van der Waals surface area contributed by atoms with Gasteiger partial charge in [0, 0.05) is 37.4 Å². The molecule has 1 aliphatic carbocycles. The van der Waals surface area contributed by atoms with Crippen LogP contribution in [0.5, 0.6) is 0 Å². The van der Waals surface area contributed by atoms with Crippen LogP contribution in [0.3, 0.4) is 0 Å². The fourth-order valence-electron chi connectivity index (χ4n) is 4.64. The molecule has 10 nitrogen and oxygen atoms in total. The Morgan fingerprint density at radius 2 is 1.82 bits per heavy atom. The first-order chi connectivity index (χ1) is 18.3. The summed E-state index contributed by atoms with van der Waals surface area (Å²) in [4.78, 5) is 38.5. The van der Waals surface area contributed by atoms with Gasteiger partial charge >= 0.3 is 0 Å². The van der Waals surface area contributed by atoms with E-state index in [2.05, 4.69) is 11.9 Å². The number of hydrogen-bond acceptors (Lipinski definition) is 9. The van der Waals surface area contributed by atoms with Gasteiger partial charge in [-0.15, -0.1) is 0 Å². The van der Waals surface area contributed by atoms with E-state index < -0.39 is 41.9 Å². The van der Waals surface area contributed by atoms with Crippen LogP contribution in [0.4, 0.5) is 0 Å². The summed E-state index contributed by atoms with van der Waals surface area (Å²) in [5, 5.41) is 13.7. The number of nitrogens with two attached hydrogens (primary N) is 2. The van der Waals surface area contributed by atoms with E-state index in [4.69, 9.17) is 25.7 Å². The van der Waals surface area contributed by atoms with Gasteiger partial charge in [-0.25, -0.2) is 0 Å². The van der Waals surface area contributed by atoms with Gasteiger partial charge in [0.2, 0.25) is 11.6 Å². The molecule has 0 spiro atoms. The smallest absolute Gasteiger partial charge is 0.251 e. The molecule has 10 heteroatoms. The van der Waals surface area contributed by atoms with Crippen molar-refractivity contribution in [1.82, 2.24) is 5.32 Å². The highest BCUT2D eigenvalue weighted by molar-refractivity contribution is 6.23. The molecule has 0 fully saturated rings. The Morgan fingerprint density at radius 3 is 2.41 bits per heavy atom. The molecule has 1 amide bonds. The van der Waals surface area contributed by atoms with Crippen molar-refractivity contribution in [3.8, 4) is 0 Å². The number of rotatable bonds is 4. The molecule has 39 heavy (non-hydrogen) atoms. The first-order valence-corrected chi connectivity index (χ1v) is 12.8. The molecule has 214 valence electrons. The number of ketones is 2. The quantitative estimate of drug-likeness (QED) is 0.236. The van der Waals surface area contributed by atoms with Crippen molar-refractivity contribution in [3.05, 3.63) is 71.0 Å². The highest BCUT2D eigenvalue weighted by atomic mass is 16.5. The summed E-state index contributed by atoms with van der Waals surface area (Å²) in [6.45, 7) is 10.8. The third-order valence-corrected chi connectivity index (χ3v) is 6.87. The van der Waals surface area contributed by atoms with Gasteiger partial charge in [0.1, 0.15) is 6.10 Å². The summed E-state index contributed by atoms with van der Waals surface area (Å²) in [5.41, 5.74) is 12.6. The van der Waals surface area contributed by atoms with E-state index in [9.17, 15) is 19.5 Å². The highest BCUT2D eigenvalue weighted by Gasteiger charge is 2.32. The number of aliphatic hydroxyl groups is 1. The molecule has 2 aliphatic rings. The van der Waals surface area contributed by atoms with E-state index in [-0.39, 0.29) is 46.7 Å². The number of Topliss-reactive ketones (excluding diaryl/α,β-unsaturated/α-hetero) is 1. The van der Waals surface area contributed by atoms with Crippen LogP contribution in [0.2, 0.25) is 0 Å². The SMILES string of the molecule is C=C(N)O[C@H]1/C(C)=C/[C@H](C)[C@@H](O)[C@@H](OC)C[C@H](C)CC2=C(N)C(=O)C=C(NC(=O)/C(C)=C/C=C\[C@@H]1OC)C2=O. The van der Waals surface area contributed by atoms with E-state index in [1.807, 2.05) is 26.8 Å². The number of methoxy groups -OCH3 is 2. The van der Waals surface area contributed by atoms with Crippen LogP contribution >= 0.6 is 0 Å². The highest BCUT2D eigenvalue weighted by Crippen LogP contribution is 2.28. The maximum Gasteiger partial charge on any atom is 0.251 e. The van der Waals surface area contributed by atoms with Gasteiger partial charge in [-0.2, -0.15) is 0 Å². The summed E-state index contributed by atoms with van der Waals surface area (Å²) < 4.78 is 17.0. The third kappa shape index (κ3) is 8.26. The van der Waals surface area contributed by atoms with E-state index in [1.54, 1.807) is 25.2 Å². The summed E-state index contributed by atoms with van der Waals surface area (Å²) in [7, 11) is 3.01. The van der Waals surface area contributed by atoms with Crippen LogP contribution < -0.4 is 16.8 Å². The van der Waals surface area contributed by atoms with Crippen LogP contribution in [0.1, 0.15) is 40.5 Å². The van der Waals surface area contributed by atoms with Crippen LogP contribution in [-0.2, 0) is 28.6 Å². The molecule has 2 bridgehead atoms. The van der Waals surface area contributed by atoms with Crippen LogP contribution in [0, 0.1) is 11.8 Å². The topological polar surface area (TPSA) is 163 Å². The Labute approximate surface area is 230 Å². The third-order valence-electron chi connectivity index (χ3n) is 6.87. The maximum absolute atomic E-state index is 13.2. The van der Waals surface area contributed by atoms with Crippen molar-refractivity contribution >= 4 is 17.5 Å². The van der Waals surface area contributed by atoms with E-state index in [1.165, 1.54) is 14.2 Å². The number of aliphatic hydroxyl groups excluding tert-OH is 1. The molecule has 1 heterocycles. The van der Waals surface area contributed by atoms with Gasteiger partial charge in [0.15, 0.2) is 12.0 Å². The monoisotopic (exact) mass is 543 g/mol. The Bertz CT molecular complexity index is 1130. The van der Waals surface area contributed by atoms with Gasteiger partial charge < -0.3 is 36.1 Å². The zero-order valence-electron chi connectivity index (χ0n) is 23.5. The molecule has 0 aromatic carbocycles. The molecular weight excluding hydrogens is 502 g/mol. The first-order valence-electron chi connectivity index (χ1n) is 12.8. The minimum atomic E-state index is -0.900. The molecule has 0 radical (unpaired) electrons. The van der Waals surface area contributed by atoms with Gasteiger partial charge in [-0.3, -0.25) is 14.4 Å². The number of allylic oxidation sites excluding steroid dienone is 4. The second kappa shape index (κ2) is 14.1. The Balaban J connectivity index is 2.58. The second-order valence-electron chi connectivity index (χ2n) is 10.1. The molecule has 2 rings (SSSR count). The molecule has 0 aromatic heterocycles. The molecule has 6 N–H and O–H groups in total. The predicted molar refractivity (Wildman–Crippen MR) is 147 cm³/mol. The number of carbonyl (C=O) groups is 3. The summed E-state index contributed by atoms with van der Waals surface area (Å²) in [5.74, 6) is -2.17. The van der Waals surface area contributed by atoms with Crippen LogP contribution in [0.25, 0.3) is 0 Å². The molecular formula is C29H41N3O7. The number of fused-ring (bicyclic) bond motifs is 2. The van der Waals surface area contributed by atoms with Gasteiger partial charge in [0.05, 0.1) is 23.6 Å². The summed E-state index contributed by atoms with van der Waals surface area (Å²) in [6, 6.07) is 0. The van der Waals surface area contributed by atoms with Crippen molar-refractivity contribution < 1.29 is 33.7 Å². The number of amides is 1. The number of carbonyl (C=O) groups excluding carboxylic acids is 3. The predicted octanol–water partition coefficient (Wildman–Crippen LogP) is 2.07. The molecule has 0 aromatic rings. The minimum Gasteiger partial charge on any atom is -0.469 e. The van der Waals surface area contributed by atoms with Gasteiger partial charge in [-0.1, -0.05) is 38.2 Å². The van der Waals surface area contributed by atoms with Crippen molar-refractivity contribution in [1.29, 1.82) is 0 Å².